The molecule has 0 heterocycles. The topological polar surface area (TPSA) is 45.0 Å². The number of benzene rings is 1. The Bertz CT molecular complexity index is 456. The molecule has 2 unspecified atom stereocenters. The van der Waals surface area contributed by atoms with Crippen molar-refractivity contribution in [3.05, 3.63) is 35.9 Å². The summed E-state index contributed by atoms with van der Waals surface area (Å²) in [4.78, 5) is 0. The highest BCUT2D eigenvalue weighted by Gasteiger charge is 2.38. The van der Waals surface area contributed by atoms with Crippen molar-refractivity contribution in [1.82, 2.24) is 5.32 Å². The van der Waals surface area contributed by atoms with Crippen LogP contribution in [0.15, 0.2) is 30.3 Å². The molecule has 0 radical (unpaired) electrons. The average molecular weight is 286 g/mol. The quantitative estimate of drug-likeness (QED) is 0.874. The zero-order valence-electron chi connectivity index (χ0n) is 11.4. The minimum atomic E-state index is -4.39. The summed E-state index contributed by atoms with van der Waals surface area (Å²) in [6.45, 7) is 0.792. The Morgan fingerprint density at radius 1 is 1.30 bits per heavy atom. The smallest absolute Gasteiger partial charge is 0.369 e. The van der Waals surface area contributed by atoms with E-state index in [0.717, 1.165) is 6.92 Å². The van der Waals surface area contributed by atoms with Crippen molar-refractivity contribution < 1.29 is 17.9 Å². The number of rotatable bonds is 6. The molecule has 2 atom stereocenters. The maximum Gasteiger partial charge on any atom is 0.414 e. The SMILES string of the molecule is CNC(C#N)(CCOC(C)C(F)(F)F)c1ccccc1. The lowest BCUT2D eigenvalue weighted by atomic mass is 9.88. The van der Waals surface area contributed by atoms with Gasteiger partial charge in [0, 0.05) is 6.42 Å². The van der Waals surface area contributed by atoms with Gasteiger partial charge in [-0.3, -0.25) is 5.32 Å². The van der Waals surface area contributed by atoms with Gasteiger partial charge in [-0.05, 0) is 19.5 Å². The van der Waals surface area contributed by atoms with E-state index in [1.54, 1.807) is 31.3 Å². The largest absolute Gasteiger partial charge is 0.414 e. The van der Waals surface area contributed by atoms with Crippen LogP contribution in [0.25, 0.3) is 0 Å². The second-order valence-corrected chi connectivity index (χ2v) is 4.44. The molecule has 1 aromatic carbocycles. The van der Waals surface area contributed by atoms with Gasteiger partial charge in [0.15, 0.2) is 6.10 Å². The third kappa shape index (κ3) is 3.95. The van der Waals surface area contributed by atoms with Crippen LogP contribution < -0.4 is 5.32 Å². The van der Waals surface area contributed by atoms with Gasteiger partial charge >= 0.3 is 6.18 Å². The lowest BCUT2D eigenvalue weighted by Gasteiger charge is -2.27. The molecule has 0 aliphatic rings. The fourth-order valence-electron chi connectivity index (χ4n) is 1.80. The third-order valence-electron chi connectivity index (χ3n) is 3.19. The molecule has 0 bridgehead atoms. The van der Waals surface area contributed by atoms with Crippen molar-refractivity contribution in [2.45, 2.75) is 31.2 Å². The van der Waals surface area contributed by atoms with E-state index in [2.05, 4.69) is 11.4 Å². The number of nitrogens with zero attached hydrogens (tertiary/aromatic N) is 1. The molecule has 6 heteroatoms. The van der Waals surface area contributed by atoms with Crippen LogP contribution in [0.1, 0.15) is 18.9 Å². The van der Waals surface area contributed by atoms with Gasteiger partial charge in [-0.2, -0.15) is 18.4 Å². The van der Waals surface area contributed by atoms with Gasteiger partial charge in [-0.15, -0.1) is 0 Å². The number of ether oxygens (including phenoxy) is 1. The van der Waals surface area contributed by atoms with E-state index in [1.165, 1.54) is 0 Å². The molecular formula is C14H17F3N2O. The summed E-state index contributed by atoms with van der Waals surface area (Å²) in [5, 5.41) is 12.2. The number of hydrogen-bond donors (Lipinski definition) is 1. The molecule has 0 saturated heterocycles. The van der Waals surface area contributed by atoms with Crippen molar-refractivity contribution in [3.63, 3.8) is 0 Å². The molecule has 0 aliphatic heterocycles. The number of hydrogen-bond acceptors (Lipinski definition) is 3. The van der Waals surface area contributed by atoms with Gasteiger partial charge < -0.3 is 4.74 Å². The fraction of sp³-hybridized carbons (Fsp3) is 0.500. The van der Waals surface area contributed by atoms with Crippen LogP contribution in [0.3, 0.4) is 0 Å². The summed E-state index contributed by atoms with van der Waals surface area (Å²) in [5.74, 6) is 0. The molecule has 1 aromatic rings. The first kappa shape index (κ1) is 16.5. The van der Waals surface area contributed by atoms with Gasteiger partial charge in [0.1, 0.15) is 5.54 Å². The molecule has 0 aromatic heterocycles. The van der Waals surface area contributed by atoms with Crippen molar-refractivity contribution in [1.29, 1.82) is 5.26 Å². The first-order valence-electron chi connectivity index (χ1n) is 6.20. The van der Waals surface area contributed by atoms with Crippen LogP contribution in [-0.4, -0.2) is 25.9 Å². The summed E-state index contributed by atoms with van der Waals surface area (Å²) in [7, 11) is 1.60. The molecule has 0 aliphatic carbocycles. The number of nitrogens with one attached hydrogen (secondary N) is 1. The summed E-state index contributed by atoms with van der Waals surface area (Å²) in [6, 6.07) is 11.0. The zero-order chi connectivity index (χ0) is 15.2. The summed E-state index contributed by atoms with van der Waals surface area (Å²) in [5.41, 5.74) is -0.347. The van der Waals surface area contributed by atoms with E-state index in [4.69, 9.17) is 4.74 Å². The van der Waals surface area contributed by atoms with Gasteiger partial charge in [0.05, 0.1) is 12.7 Å². The van der Waals surface area contributed by atoms with Crippen molar-refractivity contribution in [3.8, 4) is 6.07 Å². The van der Waals surface area contributed by atoms with Crippen molar-refractivity contribution in [2.75, 3.05) is 13.7 Å². The predicted octanol–water partition coefficient (Wildman–Crippen LogP) is 2.98. The summed E-state index contributed by atoms with van der Waals surface area (Å²) in [6.07, 6.45) is -6.10. The van der Waals surface area contributed by atoms with Crippen LogP contribution in [0.4, 0.5) is 13.2 Å². The van der Waals surface area contributed by atoms with Gasteiger partial charge in [-0.25, -0.2) is 0 Å². The lowest BCUT2D eigenvalue weighted by Crippen LogP contribution is -2.40. The summed E-state index contributed by atoms with van der Waals surface area (Å²) >= 11 is 0. The second-order valence-electron chi connectivity index (χ2n) is 4.44. The second kappa shape index (κ2) is 6.73. The van der Waals surface area contributed by atoms with Gasteiger partial charge in [-0.1, -0.05) is 30.3 Å². The Morgan fingerprint density at radius 3 is 2.35 bits per heavy atom. The highest BCUT2D eigenvalue weighted by Crippen LogP contribution is 2.26. The Labute approximate surface area is 116 Å². The number of alkyl halides is 3. The minimum Gasteiger partial charge on any atom is -0.369 e. The lowest BCUT2D eigenvalue weighted by molar-refractivity contribution is -0.214. The fourth-order valence-corrected chi connectivity index (χ4v) is 1.80. The van der Waals surface area contributed by atoms with E-state index in [-0.39, 0.29) is 13.0 Å². The van der Waals surface area contributed by atoms with Gasteiger partial charge in [0.25, 0.3) is 0 Å². The third-order valence-corrected chi connectivity index (χ3v) is 3.19. The Morgan fingerprint density at radius 2 is 1.90 bits per heavy atom. The first-order chi connectivity index (χ1) is 9.35. The van der Waals surface area contributed by atoms with E-state index in [9.17, 15) is 18.4 Å². The Balaban J connectivity index is 2.73. The molecule has 0 amide bonds. The standard InChI is InChI=1S/C14H17F3N2O/c1-11(14(15,16)17)20-9-8-13(10-18,19-2)12-6-4-3-5-7-12/h3-7,11,19H,8-9H2,1-2H3. The number of nitriles is 1. The van der Waals surface area contributed by atoms with Crippen molar-refractivity contribution >= 4 is 0 Å². The summed E-state index contributed by atoms with van der Waals surface area (Å²) < 4.78 is 41.8. The van der Waals surface area contributed by atoms with Crippen LogP contribution in [0.5, 0.6) is 0 Å². The molecule has 1 rings (SSSR count). The molecule has 110 valence electrons. The molecular weight excluding hydrogens is 269 g/mol. The van der Waals surface area contributed by atoms with E-state index in [0.29, 0.717) is 5.56 Å². The van der Waals surface area contributed by atoms with E-state index >= 15 is 0 Å². The van der Waals surface area contributed by atoms with E-state index in [1.807, 2.05) is 6.07 Å². The normalized spacial score (nSPS) is 16.2. The van der Waals surface area contributed by atoms with Crippen LogP contribution in [0, 0.1) is 11.3 Å². The van der Waals surface area contributed by atoms with Gasteiger partial charge in [0.2, 0.25) is 0 Å². The average Bonchev–Trinajstić information content (AvgIpc) is 2.44. The maximum absolute atomic E-state index is 12.4. The van der Waals surface area contributed by atoms with E-state index < -0.39 is 17.8 Å². The van der Waals surface area contributed by atoms with Crippen LogP contribution >= 0.6 is 0 Å². The highest BCUT2D eigenvalue weighted by molar-refractivity contribution is 5.31. The van der Waals surface area contributed by atoms with Crippen molar-refractivity contribution in [2.24, 2.45) is 0 Å². The maximum atomic E-state index is 12.4. The Kier molecular flexibility index (Phi) is 5.54. The highest BCUT2D eigenvalue weighted by atomic mass is 19.4. The predicted molar refractivity (Wildman–Crippen MR) is 68.9 cm³/mol. The molecule has 0 spiro atoms. The zero-order valence-corrected chi connectivity index (χ0v) is 11.4. The molecule has 3 nitrogen and oxygen atoms in total. The number of halogens is 3. The first-order valence-corrected chi connectivity index (χ1v) is 6.20. The molecule has 0 fully saturated rings. The van der Waals surface area contributed by atoms with Crippen LogP contribution in [-0.2, 0) is 10.3 Å². The Hall–Kier alpha value is -1.58. The molecule has 20 heavy (non-hydrogen) atoms. The molecule has 1 N–H and O–H groups in total. The molecule has 0 saturated carbocycles. The monoisotopic (exact) mass is 286 g/mol. The minimum absolute atomic E-state index is 0.129. The van der Waals surface area contributed by atoms with Crippen LogP contribution in [0.2, 0.25) is 0 Å².